The summed E-state index contributed by atoms with van der Waals surface area (Å²) in [6, 6.07) is 0. The zero-order chi connectivity index (χ0) is 20.0. The van der Waals surface area contributed by atoms with E-state index in [1.807, 2.05) is 0 Å². The Kier molecular flexibility index (Phi) is 6.21. The molecule has 2 heterocycles. The molecule has 3 rings (SSSR count). The first-order chi connectivity index (χ1) is 12.6. The molecule has 1 aliphatic carbocycles. The highest BCUT2D eigenvalue weighted by Gasteiger charge is 2.59. The van der Waals surface area contributed by atoms with Crippen LogP contribution in [0.4, 0.5) is 0 Å². The summed E-state index contributed by atoms with van der Waals surface area (Å²) in [6.07, 6.45) is -4.00. The van der Waals surface area contributed by atoms with Crippen LogP contribution in [-0.2, 0) is 14.2 Å². The van der Waals surface area contributed by atoms with E-state index in [-0.39, 0.29) is 23.2 Å². The van der Waals surface area contributed by atoms with Gasteiger partial charge < -0.3 is 39.7 Å². The Hall–Kier alpha value is -0.320. The van der Waals surface area contributed by atoms with Crippen LogP contribution < -0.4 is 0 Å². The lowest BCUT2D eigenvalue weighted by Crippen LogP contribution is -2.60. The van der Waals surface area contributed by atoms with Gasteiger partial charge in [-0.05, 0) is 44.4 Å². The van der Waals surface area contributed by atoms with Crippen molar-refractivity contribution in [3.05, 3.63) is 0 Å². The summed E-state index contributed by atoms with van der Waals surface area (Å²) in [5.74, 6) is 0.300. The maximum Gasteiger partial charge on any atom is 0.186 e. The van der Waals surface area contributed by atoms with Crippen LogP contribution in [0.15, 0.2) is 0 Å². The topological polar surface area (TPSA) is 129 Å². The van der Waals surface area contributed by atoms with Gasteiger partial charge in [-0.15, -0.1) is 0 Å². The Morgan fingerprint density at radius 3 is 2.41 bits per heavy atom. The molecule has 2 bridgehead atoms. The molecule has 10 atom stereocenters. The minimum atomic E-state index is -1.44. The Morgan fingerprint density at radius 2 is 1.81 bits per heavy atom. The fourth-order valence-electron chi connectivity index (χ4n) is 5.24. The average Bonchev–Trinajstić information content (AvgIpc) is 2.74. The van der Waals surface area contributed by atoms with E-state index in [2.05, 4.69) is 13.8 Å². The second kappa shape index (κ2) is 7.84. The third kappa shape index (κ3) is 4.04. The second-order valence-corrected chi connectivity index (χ2v) is 9.10. The van der Waals surface area contributed by atoms with Crippen molar-refractivity contribution in [3.8, 4) is 0 Å². The first-order valence-electron chi connectivity index (χ1n) is 9.87. The molecule has 0 unspecified atom stereocenters. The van der Waals surface area contributed by atoms with Crippen LogP contribution >= 0.6 is 0 Å². The SMILES string of the molecule is C[C@@H](O)CC[C@@H]1[C@@]2(C)CO[C@]1(C)C[C@@H](O[C@@H]1O[C@H](CO)[C@@H](O)[C@H](O)[C@H]1O)C2. The summed E-state index contributed by atoms with van der Waals surface area (Å²) in [5, 5.41) is 49.1. The Balaban J connectivity index is 1.68. The molecule has 2 saturated heterocycles. The van der Waals surface area contributed by atoms with Crippen LogP contribution in [0.1, 0.15) is 46.5 Å². The third-order valence-electron chi connectivity index (χ3n) is 6.69. The minimum absolute atomic E-state index is 0.110. The van der Waals surface area contributed by atoms with E-state index in [4.69, 9.17) is 14.2 Å². The van der Waals surface area contributed by atoms with Gasteiger partial charge >= 0.3 is 0 Å². The van der Waals surface area contributed by atoms with Crippen LogP contribution in [-0.4, -0.2) is 87.3 Å². The van der Waals surface area contributed by atoms with Crippen molar-refractivity contribution < 1.29 is 39.7 Å². The van der Waals surface area contributed by atoms with Gasteiger partial charge in [0.1, 0.15) is 24.4 Å². The molecule has 0 aromatic rings. The third-order valence-corrected chi connectivity index (χ3v) is 6.69. The number of aliphatic hydroxyl groups is 5. The largest absolute Gasteiger partial charge is 0.394 e. The molecule has 2 aliphatic heterocycles. The van der Waals surface area contributed by atoms with E-state index in [0.29, 0.717) is 25.4 Å². The van der Waals surface area contributed by atoms with Gasteiger partial charge in [0, 0.05) is 6.42 Å². The zero-order valence-corrected chi connectivity index (χ0v) is 16.3. The van der Waals surface area contributed by atoms with Gasteiger partial charge in [-0.1, -0.05) is 6.92 Å². The van der Waals surface area contributed by atoms with Crippen LogP contribution in [0.3, 0.4) is 0 Å². The fraction of sp³-hybridized carbons (Fsp3) is 1.00. The predicted octanol–water partition coefficient (Wildman–Crippen LogP) is -0.462. The van der Waals surface area contributed by atoms with Crippen molar-refractivity contribution in [1.82, 2.24) is 0 Å². The van der Waals surface area contributed by atoms with Crippen LogP contribution in [0.2, 0.25) is 0 Å². The Bertz CT molecular complexity index is 494. The summed E-state index contributed by atoms with van der Waals surface area (Å²) in [6.45, 7) is 6.15. The molecule has 158 valence electrons. The normalized spacial score (nSPS) is 51.3. The molecule has 0 aromatic carbocycles. The minimum Gasteiger partial charge on any atom is -0.394 e. The van der Waals surface area contributed by atoms with E-state index < -0.39 is 37.3 Å². The molecule has 0 aromatic heterocycles. The summed E-state index contributed by atoms with van der Waals surface area (Å²) in [5.41, 5.74) is -0.499. The highest BCUT2D eigenvalue weighted by atomic mass is 16.7. The molecule has 3 fully saturated rings. The number of hydrogen-bond acceptors (Lipinski definition) is 8. The molecule has 0 amide bonds. The van der Waals surface area contributed by atoms with Gasteiger partial charge in [0.15, 0.2) is 6.29 Å². The molecule has 27 heavy (non-hydrogen) atoms. The fourth-order valence-corrected chi connectivity index (χ4v) is 5.24. The summed E-state index contributed by atoms with van der Waals surface area (Å²) < 4.78 is 17.6. The number of fused-ring (bicyclic) bond motifs is 2. The average molecular weight is 390 g/mol. The predicted molar refractivity (Wildman–Crippen MR) is 94.7 cm³/mol. The molecule has 8 nitrogen and oxygen atoms in total. The number of rotatable bonds is 6. The molecular weight excluding hydrogens is 356 g/mol. The van der Waals surface area contributed by atoms with Gasteiger partial charge in [0.2, 0.25) is 0 Å². The van der Waals surface area contributed by atoms with E-state index in [1.165, 1.54) is 0 Å². The maximum atomic E-state index is 10.2. The first-order valence-corrected chi connectivity index (χ1v) is 9.87. The Morgan fingerprint density at radius 1 is 1.11 bits per heavy atom. The van der Waals surface area contributed by atoms with Gasteiger partial charge in [-0.2, -0.15) is 0 Å². The summed E-state index contributed by atoms with van der Waals surface area (Å²) in [4.78, 5) is 0. The highest BCUT2D eigenvalue weighted by molar-refractivity contribution is 5.07. The number of ether oxygens (including phenoxy) is 3. The zero-order valence-electron chi connectivity index (χ0n) is 16.3. The van der Waals surface area contributed by atoms with E-state index in [9.17, 15) is 25.5 Å². The molecule has 1 saturated carbocycles. The number of aliphatic hydroxyl groups excluding tert-OH is 5. The molecule has 3 aliphatic rings. The van der Waals surface area contributed by atoms with Crippen molar-refractivity contribution in [3.63, 3.8) is 0 Å². The highest BCUT2D eigenvalue weighted by Crippen LogP contribution is 2.56. The van der Waals surface area contributed by atoms with Crippen molar-refractivity contribution in [2.75, 3.05) is 13.2 Å². The van der Waals surface area contributed by atoms with Crippen molar-refractivity contribution >= 4 is 0 Å². The van der Waals surface area contributed by atoms with E-state index in [0.717, 1.165) is 12.8 Å². The molecule has 8 heteroatoms. The monoisotopic (exact) mass is 390 g/mol. The van der Waals surface area contributed by atoms with Gasteiger partial charge in [-0.25, -0.2) is 0 Å². The maximum absolute atomic E-state index is 10.2. The van der Waals surface area contributed by atoms with Crippen LogP contribution in [0.5, 0.6) is 0 Å². The standard InChI is InChI=1S/C19H34O8/c1-10(21)4-5-13-18(2)6-11(7-19(13,3)25-9-18)26-17-16(24)15(23)14(22)12(8-20)27-17/h10-17,20-24H,4-9H2,1-3H3/t10-,11+,12-,13-,14-,15+,16-,17-,18-,19-/m1/s1. The van der Waals surface area contributed by atoms with Crippen LogP contribution in [0, 0.1) is 11.3 Å². The van der Waals surface area contributed by atoms with Crippen molar-refractivity contribution in [2.45, 2.75) is 95.0 Å². The summed E-state index contributed by atoms with van der Waals surface area (Å²) in [7, 11) is 0. The lowest BCUT2D eigenvalue weighted by atomic mass is 9.61. The van der Waals surface area contributed by atoms with E-state index >= 15 is 0 Å². The van der Waals surface area contributed by atoms with Crippen molar-refractivity contribution in [2.24, 2.45) is 11.3 Å². The molecule has 0 spiro atoms. The lowest BCUT2D eigenvalue weighted by Gasteiger charge is -2.48. The molecule has 5 N–H and O–H groups in total. The quantitative estimate of drug-likeness (QED) is 0.412. The first kappa shape index (κ1) is 21.4. The summed E-state index contributed by atoms with van der Waals surface area (Å²) >= 11 is 0. The second-order valence-electron chi connectivity index (χ2n) is 9.10. The Labute approximate surface area is 160 Å². The molecular formula is C19H34O8. The number of hydrogen-bond donors (Lipinski definition) is 5. The lowest BCUT2D eigenvalue weighted by molar-refractivity contribution is -0.317. The van der Waals surface area contributed by atoms with Gasteiger partial charge in [-0.3, -0.25) is 0 Å². The van der Waals surface area contributed by atoms with Crippen LogP contribution in [0.25, 0.3) is 0 Å². The van der Waals surface area contributed by atoms with Gasteiger partial charge in [0.05, 0.1) is 31.0 Å². The van der Waals surface area contributed by atoms with E-state index in [1.54, 1.807) is 6.92 Å². The molecule has 0 radical (unpaired) electrons. The smallest absolute Gasteiger partial charge is 0.186 e. The van der Waals surface area contributed by atoms with Crippen molar-refractivity contribution in [1.29, 1.82) is 0 Å². The van der Waals surface area contributed by atoms with Gasteiger partial charge in [0.25, 0.3) is 0 Å².